The summed E-state index contributed by atoms with van der Waals surface area (Å²) in [4.78, 5) is 12.5. The predicted octanol–water partition coefficient (Wildman–Crippen LogP) is 5.31. The van der Waals surface area contributed by atoms with Crippen LogP contribution in [0.15, 0.2) is 34.1 Å². The molecule has 0 saturated carbocycles. The number of halogens is 3. The zero-order chi connectivity index (χ0) is 20.6. The van der Waals surface area contributed by atoms with Crippen LogP contribution in [0.3, 0.4) is 0 Å². The van der Waals surface area contributed by atoms with Gasteiger partial charge in [-0.15, -0.1) is 0 Å². The molecule has 27 heavy (non-hydrogen) atoms. The van der Waals surface area contributed by atoms with Crippen molar-refractivity contribution < 1.29 is 18.7 Å². The molecular formula is C19H25Cl2FN2O3. The van der Waals surface area contributed by atoms with Gasteiger partial charge in [0, 0.05) is 18.7 Å². The predicted molar refractivity (Wildman–Crippen MR) is 107 cm³/mol. The molecule has 0 atom stereocenters. The lowest BCUT2D eigenvalue weighted by Crippen LogP contribution is -2.41. The number of hydrogen-bond acceptors (Lipinski definition) is 4. The molecule has 0 aliphatic rings. The highest BCUT2D eigenvalue weighted by Crippen LogP contribution is 2.26. The molecule has 1 aromatic rings. The van der Waals surface area contributed by atoms with Crippen LogP contribution in [0.5, 0.6) is 5.75 Å². The van der Waals surface area contributed by atoms with E-state index in [1.54, 1.807) is 25.1 Å². The molecule has 0 aliphatic carbocycles. The lowest BCUT2D eigenvalue weighted by atomic mass is 10.1. The summed E-state index contributed by atoms with van der Waals surface area (Å²) in [6.07, 6.45) is 0.324. The van der Waals surface area contributed by atoms with E-state index in [4.69, 9.17) is 32.7 Å². The number of rotatable bonds is 9. The molecule has 0 N–H and O–H groups in total. The van der Waals surface area contributed by atoms with E-state index in [2.05, 4.69) is 11.8 Å². The average molecular weight is 419 g/mol. The number of hydrazone groups is 1. The standard InChI is InChI=1S/C19H25Cl2FN2O3/c1-13(17(21)18(25)24(23-5)19(2,3)4)27-12-14-7-8-15(11-16(14)20)26-10-6-9-22/h7-8,11H,5-6,9-10,12H2,1-4H3/b17-13-. The average Bonchev–Trinajstić information content (AvgIpc) is 2.59. The molecule has 1 aromatic carbocycles. The molecule has 1 amide bonds. The van der Waals surface area contributed by atoms with Crippen molar-refractivity contribution in [3.05, 3.63) is 39.6 Å². The van der Waals surface area contributed by atoms with E-state index < -0.39 is 18.1 Å². The van der Waals surface area contributed by atoms with Gasteiger partial charge in [0.25, 0.3) is 5.91 Å². The number of allylic oxidation sites excluding steroid dienone is 1. The van der Waals surface area contributed by atoms with Gasteiger partial charge in [-0.25, -0.2) is 5.01 Å². The number of amides is 1. The van der Waals surface area contributed by atoms with Crippen molar-refractivity contribution in [3.63, 3.8) is 0 Å². The first-order chi connectivity index (χ1) is 12.6. The fourth-order valence-electron chi connectivity index (χ4n) is 2.05. The van der Waals surface area contributed by atoms with Gasteiger partial charge in [0.05, 0.1) is 23.8 Å². The van der Waals surface area contributed by atoms with E-state index >= 15 is 0 Å². The lowest BCUT2D eigenvalue weighted by Gasteiger charge is -2.30. The number of benzene rings is 1. The fraction of sp³-hybridized carbons (Fsp3) is 0.474. The van der Waals surface area contributed by atoms with Crippen molar-refractivity contribution in [2.75, 3.05) is 13.3 Å². The van der Waals surface area contributed by atoms with Crippen LogP contribution in [0.4, 0.5) is 4.39 Å². The Morgan fingerprint density at radius 3 is 2.56 bits per heavy atom. The molecule has 150 valence electrons. The largest absolute Gasteiger partial charge is 0.493 e. The minimum absolute atomic E-state index is 0.0837. The Balaban J connectivity index is 2.80. The molecule has 0 fully saturated rings. The molecule has 0 saturated heterocycles. The van der Waals surface area contributed by atoms with Crippen LogP contribution in [0.1, 0.15) is 39.7 Å². The first-order valence-electron chi connectivity index (χ1n) is 8.39. The Morgan fingerprint density at radius 1 is 1.37 bits per heavy atom. The maximum absolute atomic E-state index is 12.5. The minimum Gasteiger partial charge on any atom is -0.493 e. The fourth-order valence-corrected chi connectivity index (χ4v) is 2.41. The van der Waals surface area contributed by atoms with Gasteiger partial charge in [-0.05, 0) is 39.8 Å². The highest BCUT2D eigenvalue weighted by atomic mass is 35.5. The van der Waals surface area contributed by atoms with Crippen LogP contribution in [0.25, 0.3) is 0 Å². The molecule has 0 radical (unpaired) electrons. The summed E-state index contributed by atoms with van der Waals surface area (Å²) in [6.45, 7) is 10.4. The SMILES string of the molecule is C=NN(C(=O)/C(Cl)=C(\C)OCc1ccc(OCCCF)cc1Cl)C(C)(C)C. The number of hydrogen-bond donors (Lipinski definition) is 0. The highest BCUT2D eigenvalue weighted by Gasteiger charge is 2.29. The van der Waals surface area contributed by atoms with Crippen LogP contribution in [-0.4, -0.2) is 36.5 Å². The smallest absolute Gasteiger partial charge is 0.289 e. The first-order valence-corrected chi connectivity index (χ1v) is 9.15. The molecule has 0 unspecified atom stereocenters. The van der Waals surface area contributed by atoms with Crippen molar-refractivity contribution in [1.82, 2.24) is 5.01 Å². The Morgan fingerprint density at radius 2 is 2.04 bits per heavy atom. The van der Waals surface area contributed by atoms with Gasteiger partial charge in [0.15, 0.2) is 0 Å². The minimum atomic E-state index is -0.569. The molecule has 0 bridgehead atoms. The summed E-state index contributed by atoms with van der Waals surface area (Å²) in [5, 5.41) is 5.28. The van der Waals surface area contributed by atoms with Crippen LogP contribution in [-0.2, 0) is 16.1 Å². The summed E-state index contributed by atoms with van der Waals surface area (Å²) in [6, 6.07) is 5.09. The quantitative estimate of drug-likeness (QED) is 0.179. The molecule has 0 heterocycles. The van der Waals surface area contributed by atoms with Crippen molar-refractivity contribution >= 4 is 35.8 Å². The van der Waals surface area contributed by atoms with Gasteiger partial charge in [0.1, 0.15) is 23.1 Å². The molecule has 0 aliphatic heterocycles. The highest BCUT2D eigenvalue weighted by molar-refractivity contribution is 6.42. The number of nitrogens with zero attached hydrogens (tertiary/aromatic N) is 2. The van der Waals surface area contributed by atoms with Crippen molar-refractivity contribution in [1.29, 1.82) is 0 Å². The van der Waals surface area contributed by atoms with Gasteiger partial charge in [-0.2, -0.15) is 5.10 Å². The Labute approximate surface area is 169 Å². The monoisotopic (exact) mass is 418 g/mol. The molecule has 0 aromatic heterocycles. The topological polar surface area (TPSA) is 51.1 Å². The number of carbonyl (C=O) groups is 1. The van der Waals surface area contributed by atoms with Gasteiger partial charge in [-0.1, -0.05) is 29.3 Å². The van der Waals surface area contributed by atoms with Crippen LogP contribution in [0, 0.1) is 0 Å². The Bertz CT molecular complexity index is 703. The van der Waals surface area contributed by atoms with Crippen molar-refractivity contribution in [2.45, 2.75) is 46.3 Å². The second kappa shape index (κ2) is 10.5. The van der Waals surface area contributed by atoms with Crippen LogP contribution in [0.2, 0.25) is 5.02 Å². The first kappa shape index (κ1) is 23.2. The van der Waals surface area contributed by atoms with Gasteiger partial charge in [0.2, 0.25) is 0 Å². The summed E-state index contributed by atoms with van der Waals surface area (Å²) >= 11 is 12.4. The second-order valence-corrected chi connectivity index (χ2v) is 7.52. The third kappa shape index (κ3) is 7.03. The molecule has 8 heteroatoms. The summed E-state index contributed by atoms with van der Waals surface area (Å²) in [5.74, 6) is 0.300. The van der Waals surface area contributed by atoms with Gasteiger partial charge >= 0.3 is 0 Å². The number of ether oxygens (including phenoxy) is 2. The maximum atomic E-state index is 12.5. The lowest BCUT2D eigenvalue weighted by molar-refractivity contribution is -0.131. The van der Waals surface area contributed by atoms with Crippen LogP contribution < -0.4 is 4.74 Å². The second-order valence-electron chi connectivity index (χ2n) is 6.73. The van der Waals surface area contributed by atoms with E-state index in [-0.39, 0.29) is 24.0 Å². The van der Waals surface area contributed by atoms with Gasteiger partial charge < -0.3 is 9.47 Å². The van der Waals surface area contributed by atoms with Gasteiger partial charge in [-0.3, -0.25) is 9.18 Å². The summed E-state index contributed by atoms with van der Waals surface area (Å²) in [7, 11) is 0. The van der Waals surface area contributed by atoms with E-state index in [9.17, 15) is 9.18 Å². The summed E-state index contributed by atoms with van der Waals surface area (Å²) < 4.78 is 23.1. The Kier molecular flexibility index (Phi) is 9.06. The number of carbonyl (C=O) groups excluding carboxylic acids is 1. The van der Waals surface area contributed by atoms with E-state index in [1.807, 2.05) is 20.8 Å². The number of alkyl halides is 1. The summed E-state index contributed by atoms with van der Waals surface area (Å²) in [5.41, 5.74) is 0.126. The zero-order valence-electron chi connectivity index (χ0n) is 16.0. The van der Waals surface area contributed by atoms with E-state index in [0.717, 1.165) is 0 Å². The van der Waals surface area contributed by atoms with E-state index in [1.165, 1.54) is 5.01 Å². The Hall–Kier alpha value is -1.79. The van der Waals surface area contributed by atoms with E-state index in [0.29, 0.717) is 22.8 Å². The third-order valence-electron chi connectivity index (χ3n) is 3.48. The zero-order valence-corrected chi connectivity index (χ0v) is 17.5. The van der Waals surface area contributed by atoms with Crippen LogP contribution >= 0.6 is 23.2 Å². The maximum Gasteiger partial charge on any atom is 0.289 e. The molecular weight excluding hydrogens is 394 g/mol. The third-order valence-corrected chi connectivity index (χ3v) is 4.26. The molecule has 0 spiro atoms. The van der Waals surface area contributed by atoms with Crippen molar-refractivity contribution in [2.24, 2.45) is 5.10 Å². The molecule has 1 rings (SSSR count). The molecule has 5 nitrogen and oxygen atoms in total. The van der Waals surface area contributed by atoms with Crippen molar-refractivity contribution in [3.8, 4) is 5.75 Å². The normalized spacial score (nSPS) is 12.3.